The number of esters is 1. The van der Waals surface area contributed by atoms with Gasteiger partial charge in [-0.2, -0.15) is 0 Å². The highest BCUT2D eigenvalue weighted by molar-refractivity contribution is 5.71. The number of carbonyl (C=O) groups excluding carboxylic acids is 1. The van der Waals surface area contributed by atoms with E-state index in [1.165, 1.54) is 0 Å². The summed E-state index contributed by atoms with van der Waals surface area (Å²) in [6.07, 6.45) is 3.84. The highest BCUT2D eigenvalue weighted by Gasteiger charge is 2.07. The second-order valence-electron chi connectivity index (χ2n) is 5.47. The third kappa shape index (κ3) is 3.88. The molecule has 118 valence electrons. The number of imidazole rings is 1. The van der Waals surface area contributed by atoms with Crippen molar-refractivity contribution in [2.24, 2.45) is 0 Å². The van der Waals surface area contributed by atoms with Crippen LogP contribution in [0.1, 0.15) is 16.8 Å². The van der Waals surface area contributed by atoms with E-state index in [4.69, 9.17) is 9.47 Å². The summed E-state index contributed by atoms with van der Waals surface area (Å²) in [5.41, 5.74) is 3.76. The molecule has 0 spiro atoms. The van der Waals surface area contributed by atoms with Crippen molar-refractivity contribution in [1.82, 2.24) is 9.38 Å². The van der Waals surface area contributed by atoms with Gasteiger partial charge < -0.3 is 13.9 Å². The number of nitrogens with zero attached hydrogens (tertiary/aromatic N) is 2. The minimum absolute atomic E-state index is 0.115. The monoisotopic (exact) mass is 310 g/mol. The highest BCUT2D eigenvalue weighted by atomic mass is 16.6. The average Bonchev–Trinajstić information content (AvgIpc) is 2.93. The molecular weight excluding hydrogens is 292 g/mol. The van der Waals surface area contributed by atoms with Gasteiger partial charge in [-0.3, -0.25) is 0 Å². The van der Waals surface area contributed by atoms with E-state index < -0.39 is 5.97 Å². The van der Waals surface area contributed by atoms with Gasteiger partial charge in [-0.05, 0) is 43.2 Å². The van der Waals surface area contributed by atoms with Gasteiger partial charge in [0.1, 0.15) is 18.0 Å². The van der Waals surface area contributed by atoms with E-state index in [2.05, 4.69) is 4.98 Å². The van der Waals surface area contributed by atoms with Gasteiger partial charge >= 0.3 is 5.97 Å². The van der Waals surface area contributed by atoms with Crippen LogP contribution in [0.3, 0.4) is 0 Å². The summed E-state index contributed by atoms with van der Waals surface area (Å²) in [4.78, 5) is 16.2. The van der Waals surface area contributed by atoms with Crippen molar-refractivity contribution in [3.63, 3.8) is 0 Å². The van der Waals surface area contributed by atoms with Crippen molar-refractivity contribution < 1.29 is 14.3 Å². The molecule has 0 saturated heterocycles. The van der Waals surface area contributed by atoms with Crippen molar-refractivity contribution in [2.75, 3.05) is 6.61 Å². The Morgan fingerprint density at radius 3 is 2.83 bits per heavy atom. The molecule has 23 heavy (non-hydrogen) atoms. The van der Waals surface area contributed by atoms with Gasteiger partial charge in [-0.25, -0.2) is 9.78 Å². The number of aromatic nitrogens is 2. The van der Waals surface area contributed by atoms with Crippen molar-refractivity contribution in [3.8, 4) is 5.75 Å². The molecule has 0 fully saturated rings. The van der Waals surface area contributed by atoms with Gasteiger partial charge in [0.2, 0.25) is 0 Å². The summed E-state index contributed by atoms with van der Waals surface area (Å²) >= 11 is 0. The van der Waals surface area contributed by atoms with Gasteiger partial charge in [0, 0.05) is 12.4 Å². The van der Waals surface area contributed by atoms with Gasteiger partial charge in [-0.15, -0.1) is 0 Å². The molecule has 0 saturated carbocycles. The normalized spacial score (nSPS) is 10.7. The summed E-state index contributed by atoms with van der Waals surface area (Å²) in [5, 5.41) is 0. The molecule has 2 heterocycles. The van der Waals surface area contributed by atoms with Crippen LogP contribution in [-0.4, -0.2) is 22.0 Å². The van der Waals surface area contributed by atoms with Crippen LogP contribution in [0.2, 0.25) is 0 Å². The topological polar surface area (TPSA) is 52.8 Å². The molecule has 0 radical (unpaired) electrons. The van der Waals surface area contributed by atoms with Gasteiger partial charge in [0.15, 0.2) is 6.61 Å². The van der Waals surface area contributed by atoms with Crippen LogP contribution in [0.15, 0.2) is 48.8 Å². The maximum absolute atomic E-state index is 11.8. The maximum Gasteiger partial charge on any atom is 0.344 e. The van der Waals surface area contributed by atoms with Crippen LogP contribution >= 0.6 is 0 Å². The lowest BCUT2D eigenvalue weighted by molar-refractivity contribution is -0.147. The first kappa shape index (κ1) is 15.1. The molecule has 2 aromatic heterocycles. The second-order valence-corrected chi connectivity index (χ2v) is 5.47. The number of pyridine rings is 1. The first-order chi connectivity index (χ1) is 11.1. The number of fused-ring (bicyclic) bond motifs is 1. The quantitative estimate of drug-likeness (QED) is 0.680. The molecule has 5 heteroatoms. The predicted octanol–water partition coefficient (Wildman–Crippen LogP) is 3.07. The first-order valence-electron chi connectivity index (χ1n) is 7.39. The Morgan fingerprint density at radius 1 is 1.13 bits per heavy atom. The molecule has 0 unspecified atom stereocenters. The molecule has 0 bridgehead atoms. The average molecular weight is 310 g/mol. The lowest BCUT2D eigenvalue weighted by atomic mass is 10.2. The number of hydrogen-bond donors (Lipinski definition) is 0. The van der Waals surface area contributed by atoms with Crippen LogP contribution in [0, 0.1) is 13.8 Å². The van der Waals surface area contributed by atoms with Crippen LogP contribution in [0.25, 0.3) is 5.65 Å². The van der Waals surface area contributed by atoms with Crippen LogP contribution < -0.4 is 4.74 Å². The minimum atomic E-state index is -0.417. The van der Waals surface area contributed by atoms with Crippen LogP contribution in [0.5, 0.6) is 5.75 Å². The fraction of sp³-hybridized carbons (Fsp3) is 0.222. The van der Waals surface area contributed by atoms with E-state index in [0.717, 1.165) is 16.8 Å². The van der Waals surface area contributed by atoms with Crippen LogP contribution in [0.4, 0.5) is 0 Å². The van der Waals surface area contributed by atoms with Crippen LogP contribution in [-0.2, 0) is 16.1 Å². The standard InChI is InChI=1S/C18H18N2O3/c1-13-4-3-5-16(8-13)22-12-18(21)23-11-15-10-20-9-14(2)6-7-17(20)19-15/h3-10H,11-12H2,1-2H3. The zero-order valence-corrected chi connectivity index (χ0v) is 13.2. The zero-order valence-electron chi connectivity index (χ0n) is 13.2. The molecule has 0 amide bonds. The third-order valence-corrected chi connectivity index (χ3v) is 3.38. The van der Waals surface area contributed by atoms with E-state index in [1.54, 1.807) is 0 Å². The predicted molar refractivity (Wildman–Crippen MR) is 86.4 cm³/mol. The summed E-state index contributed by atoms with van der Waals surface area (Å²) in [7, 11) is 0. The Hall–Kier alpha value is -2.82. The fourth-order valence-electron chi connectivity index (χ4n) is 2.27. The Labute approximate surface area is 134 Å². The molecule has 3 aromatic rings. The van der Waals surface area contributed by atoms with E-state index in [1.807, 2.05) is 67.0 Å². The van der Waals surface area contributed by atoms with E-state index in [9.17, 15) is 4.79 Å². The lowest BCUT2D eigenvalue weighted by Crippen LogP contribution is -2.14. The molecule has 3 rings (SSSR count). The smallest absolute Gasteiger partial charge is 0.344 e. The van der Waals surface area contributed by atoms with Crippen molar-refractivity contribution in [1.29, 1.82) is 0 Å². The molecule has 5 nitrogen and oxygen atoms in total. The zero-order chi connectivity index (χ0) is 16.2. The SMILES string of the molecule is Cc1cccc(OCC(=O)OCc2cn3cc(C)ccc3n2)c1. The maximum atomic E-state index is 11.8. The summed E-state index contributed by atoms with van der Waals surface area (Å²) in [6.45, 7) is 4.00. The molecule has 0 aliphatic heterocycles. The van der Waals surface area contributed by atoms with Gasteiger partial charge in [0.05, 0.1) is 5.69 Å². The summed E-state index contributed by atoms with van der Waals surface area (Å²) in [5.74, 6) is 0.241. The number of aryl methyl sites for hydroxylation is 2. The molecule has 0 aliphatic carbocycles. The van der Waals surface area contributed by atoms with Gasteiger partial charge in [0.25, 0.3) is 0 Å². The van der Waals surface area contributed by atoms with Gasteiger partial charge in [-0.1, -0.05) is 18.2 Å². The molecular formula is C18H18N2O3. The highest BCUT2D eigenvalue weighted by Crippen LogP contribution is 2.12. The third-order valence-electron chi connectivity index (χ3n) is 3.38. The largest absolute Gasteiger partial charge is 0.482 e. The Morgan fingerprint density at radius 2 is 2.00 bits per heavy atom. The molecule has 0 aliphatic rings. The number of rotatable bonds is 5. The van der Waals surface area contributed by atoms with Crippen molar-refractivity contribution in [2.45, 2.75) is 20.5 Å². The summed E-state index contributed by atoms with van der Waals surface area (Å²) < 4.78 is 12.5. The Kier molecular flexibility index (Phi) is 4.28. The van der Waals surface area contributed by atoms with E-state index in [-0.39, 0.29) is 13.2 Å². The number of benzene rings is 1. The lowest BCUT2D eigenvalue weighted by Gasteiger charge is -2.06. The summed E-state index contributed by atoms with van der Waals surface area (Å²) in [6, 6.07) is 11.5. The van der Waals surface area contributed by atoms with E-state index >= 15 is 0 Å². The van der Waals surface area contributed by atoms with Crippen molar-refractivity contribution >= 4 is 11.6 Å². The molecule has 0 N–H and O–H groups in total. The fourth-order valence-corrected chi connectivity index (χ4v) is 2.27. The van der Waals surface area contributed by atoms with E-state index in [0.29, 0.717) is 11.4 Å². The molecule has 0 atom stereocenters. The Bertz CT molecular complexity index is 839. The number of hydrogen-bond acceptors (Lipinski definition) is 4. The minimum Gasteiger partial charge on any atom is -0.482 e. The number of ether oxygens (including phenoxy) is 2. The number of carbonyl (C=O) groups is 1. The first-order valence-corrected chi connectivity index (χ1v) is 7.39. The second kappa shape index (κ2) is 6.52. The Balaban J connectivity index is 1.53. The molecule has 1 aromatic carbocycles. The van der Waals surface area contributed by atoms with Crippen molar-refractivity contribution in [3.05, 3.63) is 65.6 Å².